The average Bonchev–Trinajstić information content (AvgIpc) is 3.13. The van der Waals surface area contributed by atoms with Crippen LogP contribution in [0.2, 0.25) is 0 Å². The largest absolute Gasteiger partial charge is 0.451 e. The number of benzene rings is 2. The first-order chi connectivity index (χ1) is 14.5. The molecule has 3 aromatic rings. The Hall–Kier alpha value is -3.45. The van der Waals surface area contributed by atoms with Gasteiger partial charge >= 0.3 is 5.97 Å². The number of hydrogen-bond donors (Lipinski definition) is 1. The van der Waals surface area contributed by atoms with E-state index in [1.807, 2.05) is 25.1 Å². The van der Waals surface area contributed by atoms with Crippen LogP contribution in [0.1, 0.15) is 45.9 Å². The predicted octanol–water partition coefficient (Wildman–Crippen LogP) is 3.65. The van der Waals surface area contributed by atoms with Gasteiger partial charge in [0.15, 0.2) is 12.4 Å². The fourth-order valence-corrected chi connectivity index (χ4v) is 2.93. The van der Waals surface area contributed by atoms with Gasteiger partial charge in [-0.2, -0.15) is 0 Å². The quantitative estimate of drug-likeness (QED) is 0.428. The van der Waals surface area contributed by atoms with E-state index in [0.29, 0.717) is 29.9 Å². The number of amides is 1. The molecular weight excluding hydrogens is 386 g/mol. The second-order valence-corrected chi connectivity index (χ2v) is 6.65. The van der Waals surface area contributed by atoms with Crippen molar-refractivity contribution < 1.29 is 28.3 Å². The fraction of sp³-hybridized carbons (Fsp3) is 0.261. The molecule has 0 spiro atoms. The fourth-order valence-electron chi connectivity index (χ4n) is 2.93. The number of para-hydroxylation sites is 1. The molecule has 0 atom stereocenters. The molecule has 1 aromatic heterocycles. The van der Waals surface area contributed by atoms with Crippen LogP contribution in [0.3, 0.4) is 0 Å². The van der Waals surface area contributed by atoms with E-state index in [9.17, 15) is 14.4 Å². The Labute approximate surface area is 174 Å². The van der Waals surface area contributed by atoms with Crippen LogP contribution in [0.15, 0.2) is 52.9 Å². The minimum atomic E-state index is -0.712. The summed E-state index contributed by atoms with van der Waals surface area (Å²) in [6.45, 7) is 3.98. The number of carbonyl (C=O) groups excluding carboxylic acids is 3. The van der Waals surface area contributed by atoms with Crippen molar-refractivity contribution in [3.05, 3.63) is 71.0 Å². The maximum atomic E-state index is 12.6. The van der Waals surface area contributed by atoms with Gasteiger partial charge in [-0.05, 0) is 18.6 Å². The van der Waals surface area contributed by atoms with E-state index in [1.54, 1.807) is 30.3 Å². The van der Waals surface area contributed by atoms with E-state index in [1.165, 1.54) is 6.92 Å². The van der Waals surface area contributed by atoms with Crippen LogP contribution in [0.25, 0.3) is 11.0 Å². The number of furan rings is 1. The normalized spacial score (nSPS) is 10.7. The first-order valence-electron chi connectivity index (χ1n) is 9.61. The van der Waals surface area contributed by atoms with Crippen LogP contribution < -0.4 is 5.32 Å². The highest BCUT2D eigenvalue weighted by atomic mass is 16.5. The highest BCUT2D eigenvalue weighted by Crippen LogP contribution is 2.27. The maximum Gasteiger partial charge on any atom is 0.375 e. The van der Waals surface area contributed by atoms with Crippen molar-refractivity contribution in [1.29, 1.82) is 0 Å². The molecule has 0 unspecified atom stereocenters. The molecule has 2 aromatic carbocycles. The zero-order valence-electron chi connectivity index (χ0n) is 16.9. The summed E-state index contributed by atoms with van der Waals surface area (Å²) >= 11 is 0. The molecule has 0 bridgehead atoms. The highest BCUT2D eigenvalue weighted by molar-refractivity contribution is 6.00. The van der Waals surface area contributed by atoms with Crippen LogP contribution >= 0.6 is 0 Å². The zero-order valence-corrected chi connectivity index (χ0v) is 16.9. The summed E-state index contributed by atoms with van der Waals surface area (Å²) < 4.78 is 16.3. The third-order valence-electron chi connectivity index (χ3n) is 4.49. The summed E-state index contributed by atoms with van der Waals surface area (Å²) in [5.74, 6) is -1.13. The Morgan fingerprint density at radius 2 is 1.77 bits per heavy atom. The molecule has 0 saturated heterocycles. The lowest BCUT2D eigenvalue weighted by atomic mass is 10.1. The molecule has 1 heterocycles. The third-order valence-corrected chi connectivity index (χ3v) is 4.49. The summed E-state index contributed by atoms with van der Waals surface area (Å²) in [7, 11) is 0. The molecular formula is C23H23NO6. The lowest BCUT2D eigenvalue weighted by Crippen LogP contribution is -2.19. The van der Waals surface area contributed by atoms with Crippen LogP contribution in [-0.2, 0) is 27.4 Å². The van der Waals surface area contributed by atoms with Gasteiger partial charge in [-0.1, -0.05) is 42.5 Å². The molecule has 0 aliphatic rings. The van der Waals surface area contributed by atoms with Crippen LogP contribution in [0, 0.1) is 0 Å². The van der Waals surface area contributed by atoms with Gasteiger partial charge in [0, 0.05) is 36.6 Å². The van der Waals surface area contributed by atoms with Crippen molar-refractivity contribution >= 4 is 28.6 Å². The number of esters is 1. The summed E-state index contributed by atoms with van der Waals surface area (Å²) in [6.07, 6.45) is 0. The summed E-state index contributed by atoms with van der Waals surface area (Å²) in [4.78, 5) is 35.9. The van der Waals surface area contributed by atoms with Crippen molar-refractivity contribution in [2.75, 3.05) is 13.2 Å². The van der Waals surface area contributed by atoms with E-state index in [0.717, 1.165) is 10.9 Å². The van der Waals surface area contributed by atoms with Crippen LogP contribution in [-0.4, -0.2) is 30.9 Å². The molecule has 1 amide bonds. The number of nitrogens with one attached hydrogen (secondary N) is 1. The minimum Gasteiger partial charge on any atom is -0.451 e. The molecule has 0 fully saturated rings. The van der Waals surface area contributed by atoms with Crippen LogP contribution in [0.5, 0.6) is 0 Å². The van der Waals surface area contributed by atoms with Gasteiger partial charge in [0.05, 0.1) is 6.61 Å². The van der Waals surface area contributed by atoms with Gasteiger partial charge in [-0.15, -0.1) is 0 Å². The first kappa shape index (κ1) is 21.3. The topological polar surface area (TPSA) is 94.8 Å². The number of ketones is 1. The summed E-state index contributed by atoms with van der Waals surface area (Å²) in [6, 6.07) is 14.0. The van der Waals surface area contributed by atoms with E-state index in [-0.39, 0.29) is 24.1 Å². The number of fused-ring (bicyclic) bond motifs is 1. The smallest absolute Gasteiger partial charge is 0.375 e. The summed E-state index contributed by atoms with van der Waals surface area (Å²) in [5.41, 5.74) is 2.43. The molecule has 0 radical (unpaired) electrons. The Balaban J connectivity index is 1.66. The second kappa shape index (κ2) is 9.84. The minimum absolute atomic E-state index is 0.0445. The predicted molar refractivity (Wildman–Crippen MR) is 110 cm³/mol. The number of ether oxygens (including phenoxy) is 2. The molecule has 7 heteroatoms. The van der Waals surface area contributed by atoms with Gasteiger partial charge in [-0.25, -0.2) is 4.79 Å². The van der Waals surface area contributed by atoms with Gasteiger partial charge in [0.25, 0.3) is 0 Å². The van der Waals surface area contributed by atoms with Crippen molar-refractivity contribution in [1.82, 2.24) is 5.32 Å². The van der Waals surface area contributed by atoms with E-state index < -0.39 is 12.6 Å². The average molecular weight is 409 g/mol. The van der Waals surface area contributed by atoms with Gasteiger partial charge in [0.2, 0.25) is 11.7 Å². The Kier molecular flexibility index (Phi) is 6.98. The van der Waals surface area contributed by atoms with Crippen LogP contribution in [0.4, 0.5) is 0 Å². The standard InChI is InChI=1S/C23H23NO6/c1-3-28-13-19-18-6-4-5-7-21(18)30-22(19)23(27)29-14-20(26)17-10-8-16(9-11-17)12-24-15(2)25/h4-11H,3,12-14H2,1-2H3,(H,24,25). The number of rotatable bonds is 9. The summed E-state index contributed by atoms with van der Waals surface area (Å²) in [5, 5.41) is 3.46. The molecule has 156 valence electrons. The van der Waals surface area contributed by atoms with E-state index in [2.05, 4.69) is 5.32 Å². The Morgan fingerprint density at radius 1 is 1.03 bits per heavy atom. The van der Waals surface area contributed by atoms with E-state index >= 15 is 0 Å². The van der Waals surface area contributed by atoms with Gasteiger partial charge in [-0.3, -0.25) is 9.59 Å². The lowest BCUT2D eigenvalue weighted by molar-refractivity contribution is -0.119. The van der Waals surface area contributed by atoms with Crippen molar-refractivity contribution in [3.63, 3.8) is 0 Å². The zero-order chi connectivity index (χ0) is 21.5. The molecule has 0 aliphatic heterocycles. The number of hydrogen-bond acceptors (Lipinski definition) is 6. The monoisotopic (exact) mass is 409 g/mol. The molecule has 7 nitrogen and oxygen atoms in total. The highest BCUT2D eigenvalue weighted by Gasteiger charge is 2.22. The Bertz CT molecular complexity index is 1050. The lowest BCUT2D eigenvalue weighted by Gasteiger charge is -2.06. The molecule has 0 saturated carbocycles. The molecule has 30 heavy (non-hydrogen) atoms. The van der Waals surface area contributed by atoms with Crippen molar-refractivity contribution in [2.45, 2.75) is 27.0 Å². The number of carbonyl (C=O) groups is 3. The van der Waals surface area contributed by atoms with Crippen molar-refractivity contribution in [2.24, 2.45) is 0 Å². The molecule has 3 rings (SSSR count). The SMILES string of the molecule is CCOCc1c(C(=O)OCC(=O)c2ccc(CNC(C)=O)cc2)oc2ccccc12. The van der Waals surface area contributed by atoms with Gasteiger partial charge < -0.3 is 19.2 Å². The Morgan fingerprint density at radius 3 is 2.47 bits per heavy atom. The number of Topliss-reactive ketones (excluding diaryl/α,β-unsaturated/α-hetero) is 1. The van der Waals surface area contributed by atoms with Gasteiger partial charge in [0.1, 0.15) is 5.58 Å². The second-order valence-electron chi connectivity index (χ2n) is 6.65. The maximum absolute atomic E-state index is 12.6. The van der Waals surface area contributed by atoms with Crippen molar-refractivity contribution in [3.8, 4) is 0 Å². The first-order valence-corrected chi connectivity index (χ1v) is 9.61. The molecule has 0 aliphatic carbocycles. The third kappa shape index (κ3) is 5.12. The van der Waals surface area contributed by atoms with E-state index in [4.69, 9.17) is 13.9 Å². The molecule has 1 N–H and O–H groups in total.